The maximum Gasteiger partial charge on any atom is 0.324 e. The Bertz CT molecular complexity index is 1680. The van der Waals surface area contributed by atoms with E-state index in [-0.39, 0.29) is 17.6 Å². The summed E-state index contributed by atoms with van der Waals surface area (Å²) in [6, 6.07) is 15.2. The average molecular weight is 611 g/mol. The number of likely N-dealkylation sites (tertiary alicyclic amines) is 1. The summed E-state index contributed by atoms with van der Waals surface area (Å²) >= 11 is 0. The van der Waals surface area contributed by atoms with Gasteiger partial charge in [0.15, 0.2) is 5.82 Å². The van der Waals surface area contributed by atoms with Crippen molar-refractivity contribution < 1.29 is 9.59 Å². The number of H-pyrrole nitrogens is 1. The van der Waals surface area contributed by atoms with Crippen LogP contribution in [-0.4, -0.2) is 59.9 Å². The van der Waals surface area contributed by atoms with Crippen LogP contribution in [0.15, 0.2) is 53.3 Å². The Kier molecular flexibility index (Phi) is 9.23. The fourth-order valence-corrected chi connectivity index (χ4v) is 6.85. The van der Waals surface area contributed by atoms with Crippen molar-refractivity contribution in [2.45, 2.75) is 90.1 Å². The van der Waals surface area contributed by atoms with Gasteiger partial charge in [-0.15, -0.1) is 5.10 Å². The number of tetrazole rings is 1. The molecule has 4 aromatic rings. The Morgan fingerprint density at radius 3 is 2.42 bits per heavy atom. The minimum Gasteiger partial charge on any atom is -0.324 e. The van der Waals surface area contributed by atoms with E-state index in [1.807, 2.05) is 24.3 Å². The Morgan fingerprint density at radius 1 is 0.956 bits per heavy atom. The minimum atomic E-state index is -0.717. The number of piperidine rings is 1. The number of nitrogens with zero attached hydrogens (tertiary/aromatic N) is 6. The van der Waals surface area contributed by atoms with Crippen molar-refractivity contribution in [1.29, 1.82) is 0 Å². The third-order valence-electron chi connectivity index (χ3n) is 9.26. The molecule has 1 fully saturated rings. The molecule has 0 bridgehead atoms. The number of benzene rings is 2. The van der Waals surface area contributed by atoms with E-state index in [0.29, 0.717) is 31.8 Å². The zero-order chi connectivity index (χ0) is 31.3. The van der Waals surface area contributed by atoms with E-state index in [1.165, 1.54) is 0 Å². The first-order chi connectivity index (χ1) is 22.0. The summed E-state index contributed by atoms with van der Waals surface area (Å²) in [4.78, 5) is 42.4. The van der Waals surface area contributed by atoms with Gasteiger partial charge in [0, 0.05) is 42.4 Å². The molecule has 236 valence electrons. The predicted octanol–water partition coefficient (Wildman–Crippen LogP) is 5.44. The molecule has 1 saturated heterocycles. The summed E-state index contributed by atoms with van der Waals surface area (Å²) in [5.41, 5.74) is 5.56. The van der Waals surface area contributed by atoms with Crippen molar-refractivity contribution >= 4 is 11.9 Å². The Balaban J connectivity index is 1.30. The summed E-state index contributed by atoms with van der Waals surface area (Å²) in [6.07, 6.45) is 8.62. The van der Waals surface area contributed by atoms with E-state index in [1.54, 1.807) is 9.58 Å². The third kappa shape index (κ3) is 6.34. The zero-order valence-electron chi connectivity index (χ0n) is 26.2. The second kappa shape index (κ2) is 13.6. The van der Waals surface area contributed by atoms with Crippen LogP contribution in [0.5, 0.6) is 0 Å². The van der Waals surface area contributed by atoms with Crippen LogP contribution < -0.4 is 10.9 Å². The molecule has 2 atom stereocenters. The highest BCUT2D eigenvalue weighted by atomic mass is 16.2. The first-order valence-corrected chi connectivity index (χ1v) is 16.3. The summed E-state index contributed by atoms with van der Waals surface area (Å²) in [5, 5.41) is 17.0. The lowest BCUT2D eigenvalue weighted by Gasteiger charge is -2.33. The molecular formula is C34H42N8O3. The molecule has 4 heterocycles. The van der Waals surface area contributed by atoms with Crippen molar-refractivity contribution in [2.75, 3.05) is 13.1 Å². The number of fused-ring (bicyclic) bond motifs is 1. The highest BCUT2D eigenvalue weighted by molar-refractivity contribution is 5.96. The van der Waals surface area contributed by atoms with Crippen LogP contribution in [0.2, 0.25) is 0 Å². The highest BCUT2D eigenvalue weighted by Crippen LogP contribution is 2.33. The molecule has 0 saturated carbocycles. The molecule has 0 aliphatic carbocycles. The van der Waals surface area contributed by atoms with E-state index in [4.69, 9.17) is 0 Å². The summed E-state index contributed by atoms with van der Waals surface area (Å²) < 4.78 is 3.72. The number of nitrogens with one attached hydrogen (secondary N) is 2. The second-order valence-electron chi connectivity index (χ2n) is 12.3. The maximum absolute atomic E-state index is 14.2. The highest BCUT2D eigenvalue weighted by Gasteiger charge is 2.36. The van der Waals surface area contributed by atoms with Gasteiger partial charge in [-0.2, -0.15) is 0 Å². The lowest BCUT2D eigenvalue weighted by molar-refractivity contribution is -0.125. The SMILES string of the molecule is CCCCCc1c(Cc2ccc(-c3ccccc3-c3nnn[nH]3)cc2)c(=O)n2n1C(C)CCC2C(=O)NC(=O)N1CCCCC1. The maximum atomic E-state index is 14.2. The second-order valence-corrected chi connectivity index (χ2v) is 12.3. The monoisotopic (exact) mass is 610 g/mol. The van der Waals surface area contributed by atoms with Gasteiger partial charge in [-0.05, 0) is 79.0 Å². The van der Waals surface area contributed by atoms with Gasteiger partial charge in [-0.25, -0.2) is 14.6 Å². The normalized spacial score (nSPS) is 18.0. The molecule has 11 nitrogen and oxygen atoms in total. The molecule has 2 aromatic heterocycles. The van der Waals surface area contributed by atoms with Crippen molar-refractivity contribution in [3.63, 3.8) is 0 Å². The lowest BCUT2D eigenvalue weighted by Crippen LogP contribution is -2.49. The first kappa shape index (κ1) is 30.5. The Hall–Kier alpha value is -4.54. The minimum absolute atomic E-state index is 0.0781. The van der Waals surface area contributed by atoms with E-state index in [9.17, 15) is 14.4 Å². The number of rotatable bonds is 9. The van der Waals surface area contributed by atoms with Crippen molar-refractivity contribution in [2.24, 2.45) is 0 Å². The molecule has 45 heavy (non-hydrogen) atoms. The molecule has 2 aromatic carbocycles. The van der Waals surface area contributed by atoms with Gasteiger partial charge < -0.3 is 4.90 Å². The molecule has 6 rings (SSSR count). The molecule has 0 radical (unpaired) electrons. The van der Waals surface area contributed by atoms with Gasteiger partial charge >= 0.3 is 6.03 Å². The molecule has 3 amide bonds. The number of hydrogen-bond acceptors (Lipinski definition) is 6. The number of carbonyl (C=O) groups excluding carboxylic acids is 2. The lowest BCUT2D eigenvalue weighted by atomic mass is 9.96. The van der Waals surface area contributed by atoms with Crippen LogP contribution >= 0.6 is 0 Å². The number of aromatic amines is 1. The van der Waals surface area contributed by atoms with Gasteiger partial charge in [0.05, 0.1) is 0 Å². The van der Waals surface area contributed by atoms with E-state index in [0.717, 1.165) is 84.9 Å². The average Bonchev–Trinajstić information content (AvgIpc) is 3.70. The van der Waals surface area contributed by atoms with Gasteiger partial charge in [-0.3, -0.25) is 19.6 Å². The van der Waals surface area contributed by atoms with Crippen LogP contribution in [-0.2, 0) is 17.6 Å². The van der Waals surface area contributed by atoms with Gasteiger partial charge in [-0.1, -0.05) is 68.3 Å². The van der Waals surface area contributed by atoms with Crippen LogP contribution in [0.25, 0.3) is 22.5 Å². The van der Waals surface area contributed by atoms with E-state index in [2.05, 4.69) is 68.7 Å². The number of amides is 3. The fourth-order valence-electron chi connectivity index (χ4n) is 6.85. The van der Waals surface area contributed by atoms with E-state index < -0.39 is 11.9 Å². The van der Waals surface area contributed by atoms with Gasteiger partial charge in [0.2, 0.25) is 0 Å². The number of carbonyl (C=O) groups is 2. The quantitative estimate of drug-likeness (QED) is 0.243. The molecule has 0 spiro atoms. The molecular weight excluding hydrogens is 568 g/mol. The van der Waals surface area contributed by atoms with E-state index >= 15 is 0 Å². The standard InChI is InChI=1S/C34H42N8O3/c1-3-4-6-13-29-28(22-24-15-17-25(18-16-24)26-11-7-8-12-27(26)31-36-38-39-37-31)33(44)42-30(19-14-23(2)41(29)42)32(43)35-34(45)40-20-9-5-10-21-40/h7-8,11-12,15-18,23,30H,3-6,9-10,13-14,19-22H2,1-2H3,(H,35,43,45)(H,36,37,38,39). The molecule has 2 N–H and O–H groups in total. The van der Waals surface area contributed by atoms with Crippen molar-refractivity contribution in [3.05, 3.63) is 75.7 Å². The third-order valence-corrected chi connectivity index (χ3v) is 9.26. The predicted molar refractivity (Wildman–Crippen MR) is 172 cm³/mol. The summed E-state index contributed by atoms with van der Waals surface area (Å²) in [6.45, 7) is 5.60. The number of hydrogen-bond donors (Lipinski definition) is 2. The summed E-state index contributed by atoms with van der Waals surface area (Å²) in [5.74, 6) is 0.208. The topological polar surface area (TPSA) is 131 Å². The fraction of sp³-hybridized carbons (Fsp3) is 0.471. The molecule has 11 heteroatoms. The van der Waals surface area contributed by atoms with Crippen LogP contribution in [0.4, 0.5) is 4.79 Å². The van der Waals surface area contributed by atoms with Crippen molar-refractivity contribution in [3.8, 4) is 22.5 Å². The zero-order valence-corrected chi connectivity index (χ0v) is 26.2. The number of imide groups is 1. The molecule has 2 unspecified atom stereocenters. The Labute approximate surface area is 263 Å². The molecule has 2 aliphatic heterocycles. The van der Waals surface area contributed by atoms with Crippen LogP contribution in [0, 0.1) is 0 Å². The van der Waals surface area contributed by atoms with Crippen molar-refractivity contribution in [1.82, 2.24) is 40.2 Å². The Morgan fingerprint density at radius 2 is 1.71 bits per heavy atom. The first-order valence-electron chi connectivity index (χ1n) is 16.3. The molecule has 2 aliphatic rings. The van der Waals surface area contributed by atoms with Crippen LogP contribution in [0.3, 0.4) is 0 Å². The number of urea groups is 1. The number of aromatic nitrogens is 6. The smallest absolute Gasteiger partial charge is 0.324 e. The van der Waals surface area contributed by atoms with Crippen LogP contribution in [0.1, 0.15) is 94.1 Å². The summed E-state index contributed by atoms with van der Waals surface area (Å²) in [7, 11) is 0. The van der Waals surface area contributed by atoms with Gasteiger partial charge in [0.25, 0.3) is 11.5 Å². The van der Waals surface area contributed by atoms with Gasteiger partial charge in [0.1, 0.15) is 6.04 Å². The largest absolute Gasteiger partial charge is 0.324 e. The number of unbranched alkanes of at least 4 members (excludes halogenated alkanes) is 2.